The highest BCUT2D eigenvalue weighted by atomic mass is 32.1. The number of amides is 1. The standard InChI is InChI=1S/C13H18N2OS.2C2H6/c1-14(17)12-8-10-15(13(12)16)9-7-11-5-3-2-4-6-11;2*1-2/h2-6,12,17H,7-10H2,1H3;2*1-2H3/t12-;;/m0../s1. The molecule has 120 valence electrons. The van der Waals surface area contributed by atoms with Crippen molar-refractivity contribution in [1.82, 2.24) is 9.21 Å². The molecule has 1 saturated heterocycles. The van der Waals surface area contributed by atoms with Gasteiger partial charge in [-0.2, -0.15) is 0 Å². The molecular formula is C17H30N2OS. The zero-order chi connectivity index (χ0) is 16.3. The third kappa shape index (κ3) is 6.53. The molecule has 0 aromatic heterocycles. The van der Waals surface area contributed by atoms with Crippen LogP contribution in [0.4, 0.5) is 0 Å². The molecule has 0 saturated carbocycles. The smallest absolute Gasteiger partial charge is 0.240 e. The number of nitrogens with zero attached hydrogens (tertiary/aromatic N) is 2. The number of thiol groups is 1. The fourth-order valence-corrected chi connectivity index (χ4v) is 2.41. The van der Waals surface area contributed by atoms with Gasteiger partial charge in [-0.1, -0.05) is 70.8 Å². The van der Waals surface area contributed by atoms with Gasteiger partial charge in [0.1, 0.15) is 6.04 Å². The van der Waals surface area contributed by atoms with Crippen LogP contribution < -0.4 is 0 Å². The van der Waals surface area contributed by atoms with E-state index in [9.17, 15) is 4.79 Å². The monoisotopic (exact) mass is 310 g/mol. The van der Waals surface area contributed by atoms with Gasteiger partial charge in [0.15, 0.2) is 0 Å². The van der Waals surface area contributed by atoms with Gasteiger partial charge >= 0.3 is 0 Å². The molecule has 4 heteroatoms. The van der Waals surface area contributed by atoms with Gasteiger partial charge < -0.3 is 4.90 Å². The van der Waals surface area contributed by atoms with Gasteiger partial charge in [-0.15, -0.1) is 0 Å². The molecule has 21 heavy (non-hydrogen) atoms. The maximum Gasteiger partial charge on any atom is 0.240 e. The Kier molecular flexibility index (Phi) is 11.1. The molecule has 1 aliphatic rings. The minimum absolute atomic E-state index is 0.0471. The Morgan fingerprint density at radius 3 is 2.24 bits per heavy atom. The number of carbonyl (C=O) groups excluding carboxylic acids is 1. The molecule has 2 rings (SSSR count). The third-order valence-corrected chi connectivity index (χ3v) is 3.51. The van der Waals surface area contributed by atoms with Crippen LogP contribution in [0, 0.1) is 0 Å². The predicted molar refractivity (Wildman–Crippen MR) is 94.6 cm³/mol. The van der Waals surface area contributed by atoms with Gasteiger partial charge in [0, 0.05) is 13.1 Å². The third-order valence-electron chi connectivity index (χ3n) is 3.23. The predicted octanol–water partition coefficient (Wildman–Crippen LogP) is 3.66. The maximum atomic E-state index is 12.0. The second kappa shape index (κ2) is 11.6. The Hall–Kier alpha value is -1.00. The molecule has 1 aromatic rings. The number of benzene rings is 1. The van der Waals surface area contributed by atoms with Crippen LogP contribution in [0.3, 0.4) is 0 Å². The van der Waals surface area contributed by atoms with Crippen molar-refractivity contribution < 1.29 is 4.79 Å². The van der Waals surface area contributed by atoms with Crippen molar-refractivity contribution in [3.8, 4) is 0 Å². The Morgan fingerprint density at radius 2 is 1.76 bits per heavy atom. The SMILES string of the molecule is CC.CC.CN(S)[C@H]1CCN(CCc2ccccc2)C1=O. The van der Waals surface area contributed by atoms with Gasteiger partial charge in [0.2, 0.25) is 5.91 Å². The summed E-state index contributed by atoms with van der Waals surface area (Å²) in [7, 11) is 1.84. The molecule has 1 aromatic carbocycles. The lowest BCUT2D eigenvalue weighted by atomic mass is 10.1. The molecule has 0 spiro atoms. The van der Waals surface area contributed by atoms with E-state index < -0.39 is 0 Å². The van der Waals surface area contributed by atoms with Crippen LogP contribution in [-0.4, -0.2) is 41.3 Å². The summed E-state index contributed by atoms with van der Waals surface area (Å²) in [6.07, 6.45) is 1.81. The fraction of sp³-hybridized carbons (Fsp3) is 0.588. The molecule has 1 amide bonds. The first-order valence-electron chi connectivity index (χ1n) is 7.93. The summed E-state index contributed by atoms with van der Waals surface area (Å²) in [5, 5.41) is 0. The van der Waals surface area contributed by atoms with Crippen LogP contribution in [0.25, 0.3) is 0 Å². The number of carbonyl (C=O) groups is 1. The molecule has 1 heterocycles. The lowest BCUT2D eigenvalue weighted by Gasteiger charge is -2.19. The number of hydrogen-bond acceptors (Lipinski definition) is 3. The highest BCUT2D eigenvalue weighted by molar-refractivity contribution is 7.77. The highest BCUT2D eigenvalue weighted by Gasteiger charge is 2.32. The topological polar surface area (TPSA) is 23.6 Å². The van der Waals surface area contributed by atoms with Crippen molar-refractivity contribution in [2.45, 2.75) is 46.6 Å². The van der Waals surface area contributed by atoms with Crippen molar-refractivity contribution in [2.75, 3.05) is 20.1 Å². The van der Waals surface area contributed by atoms with Gasteiger partial charge in [-0.3, -0.25) is 4.79 Å². The molecule has 0 bridgehead atoms. The first kappa shape index (κ1) is 20.0. The van der Waals surface area contributed by atoms with Crippen LogP contribution >= 0.6 is 12.8 Å². The zero-order valence-electron chi connectivity index (χ0n) is 14.0. The van der Waals surface area contributed by atoms with Crippen molar-refractivity contribution in [2.24, 2.45) is 0 Å². The summed E-state index contributed by atoms with van der Waals surface area (Å²) >= 11 is 4.22. The maximum absolute atomic E-state index is 12.0. The van der Waals surface area contributed by atoms with E-state index in [1.54, 1.807) is 4.31 Å². The fourth-order valence-electron chi connectivity index (χ4n) is 2.20. The van der Waals surface area contributed by atoms with E-state index >= 15 is 0 Å². The minimum Gasteiger partial charge on any atom is -0.341 e. The van der Waals surface area contributed by atoms with E-state index in [1.165, 1.54) is 5.56 Å². The van der Waals surface area contributed by atoms with Crippen molar-refractivity contribution in [3.05, 3.63) is 35.9 Å². The molecule has 0 aliphatic carbocycles. The van der Waals surface area contributed by atoms with Gasteiger partial charge in [0.25, 0.3) is 0 Å². The van der Waals surface area contributed by atoms with Crippen molar-refractivity contribution >= 4 is 18.7 Å². The normalized spacial score (nSPS) is 17.0. The summed E-state index contributed by atoms with van der Waals surface area (Å²) in [6.45, 7) is 9.65. The molecule has 0 radical (unpaired) electrons. The summed E-state index contributed by atoms with van der Waals surface area (Å²) in [5.74, 6) is 0.207. The van der Waals surface area contributed by atoms with Gasteiger partial charge in [-0.05, 0) is 25.5 Å². The van der Waals surface area contributed by atoms with Crippen LogP contribution in [0.15, 0.2) is 30.3 Å². The van der Waals surface area contributed by atoms with Gasteiger partial charge in [0.05, 0.1) is 0 Å². The Labute approximate surface area is 135 Å². The quantitative estimate of drug-likeness (QED) is 0.858. The Bertz CT molecular complexity index is 382. The zero-order valence-corrected chi connectivity index (χ0v) is 14.9. The molecular weight excluding hydrogens is 280 g/mol. The lowest BCUT2D eigenvalue weighted by Crippen LogP contribution is -2.36. The number of likely N-dealkylation sites (tertiary alicyclic amines) is 1. The molecule has 0 unspecified atom stereocenters. The first-order valence-corrected chi connectivity index (χ1v) is 8.33. The van der Waals surface area contributed by atoms with Gasteiger partial charge in [-0.25, -0.2) is 4.31 Å². The molecule has 1 aliphatic heterocycles. The molecule has 1 atom stereocenters. The minimum atomic E-state index is -0.0471. The molecule has 0 N–H and O–H groups in total. The van der Waals surface area contributed by atoms with Crippen LogP contribution in [-0.2, 0) is 11.2 Å². The average molecular weight is 311 g/mol. The van der Waals surface area contributed by atoms with E-state index in [2.05, 4.69) is 24.9 Å². The first-order chi connectivity index (χ1) is 10.2. The van der Waals surface area contributed by atoms with E-state index in [4.69, 9.17) is 0 Å². The Balaban J connectivity index is 0.000000921. The number of hydrogen-bond donors (Lipinski definition) is 1. The lowest BCUT2D eigenvalue weighted by molar-refractivity contribution is -0.130. The van der Waals surface area contributed by atoms with Crippen LogP contribution in [0.1, 0.15) is 39.7 Å². The summed E-state index contributed by atoms with van der Waals surface area (Å²) in [5.41, 5.74) is 1.28. The van der Waals surface area contributed by atoms with Crippen molar-refractivity contribution in [3.63, 3.8) is 0 Å². The molecule has 3 nitrogen and oxygen atoms in total. The average Bonchev–Trinajstić information content (AvgIpc) is 2.91. The summed E-state index contributed by atoms with van der Waals surface area (Å²) in [4.78, 5) is 13.9. The van der Waals surface area contributed by atoms with Crippen molar-refractivity contribution in [1.29, 1.82) is 0 Å². The Morgan fingerprint density at radius 1 is 1.19 bits per heavy atom. The van der Waals surface area contributed by atoms with Crippen LogP contribution in [0.5, 0.6) is 0 Å². The van der Waals surface area contributed by atoms with Crippen LogP contribution in [0.2, 0.25) is 0 Å². The largest absolute Gasteiger partial charge is 0.341 e. The molecule has 1 fully saturated rings. The van der Waals surface area contributed by atoms with E-state index in [0.717, 1.165) is 25.9 Å². The summed E-state index contributed by atoms with van der Waals surface area (Å²) in [6, 6.07) is 10.2. The van der Waals surface area contributed by atoms with E-state index in [0.29, 0.717) is 0 Å². The number of rotatable bonds is 4. The second-order valence-corrected chi connectivity index (χ2v) is 5.07. The van der Waals surface area contributed by atoms with E-state index in [1.807, 2.05) is 57.8 Å². The summed E-state index contributed by atoms with van der Waals surface area (Å²) < 4.78 is 1.71. The van der Waals surface area contributed by atoms with E-state index in [-0.39, 0.29) is 11.9 Å². The highest BCUT2D eigenvalue weighted by Crippen LogP contribution is 2.17. The second-order valence-electron chi connectivity index (χ2n) is 4.44. The number of likely N-dealkylation sites (N-methyl/N-ethyl adjacent to an activating group) is 1.